The molecule has 0 aromatic heterocycles. The van der Waals surface area contributed by atoms with Gasteiger partial charge in [0.1, 0.15) is 24.7 Å². The molecule has 6 heteroatoms. The van der Waals surface area contributed by atoms with Gasteiger partial charge in [0.25, 0.3) is 0 Å². The van der Waals surface area contributed by atoms with Crippen LogP contribution in [0.25, 0.3) is 0 Å². The van der Waals surface area contributed by atoms with Gasteiger partial charge in [0, 0.05) is 12.8 Å². The normalized spacial score (nSPS) is 12.5. The molecule has 0 atom stereocenters. The second-order valence-electron chi connectivity index (χ2n) is 7.68. The number of rotatable bonds is 7. The van der Waals surface area contributed by atoms with E-state index in [0.29, 0.717) is 36.9 Å². The minimum absolute atomic E-state index is 0.0877. The summed E-state index contributed by atoms with van der Waals surface area (Å²) >= 11 is 0. The Morgan fingerprint density at radius 3 is 2.62 bits per heavy atom. The van der Waals surface area contributed by atoms with Crippen LogP contribution >= 0.6 is 0 Å². The molecule has 0 bridgehead atoms. The first-order chi connectivity index (χ1) is 15.6. The van der Waals surface area contributed by atoms with Gasteiger partial charge in [0.15, 0.2) is 0 Å². The number of anilines is 2. The van der Waals surface area contributed by atoms with Crippen LogP contribution in [0.3, 0.4) is 0 Å². The second kappa shape index (κ2) is 10.0. The van der Waals surface area contributed by atoms with Crippen molar-refractivity contribution in [2.75, 3.05) is 23.4 Å². The highest BCUT2D eigenvalue weighted by atomic mass is 16.5. The van der Waals surface area contributed by atoms with Crippen molar-refractivity contribution in [1.29, 1.82) is 0 Å². The van der Waals surface area contributed by atoms with E-state index in [-0.39, 0.29) is 24.7 Å². The van der Waals surface area contributed by atoms with E-state index in [1.807, 2.05) is 79.7 Å². The number of benzene rings is 3. The van der Waals surface area contributed by atoms with Crippen molar-refractivity contribution in [3.8, 4) is 11.5 Å². The van der Waals surface area contributed by atoms with Gasteiger partial charge in [-0.2, -0.15) is 0 Å². The van der Waals surface area contributed by atoms with Crippen LogP contribution in [0.2, 0.25) is 0 Å². The van der Waals surface area contributed by atoms with Crippen LogP contribution in [-0.2, 0) is 16.2 Å². The van der Waals surface area contributed by atoms with Crippen LogP contribution in [0, 0.1) is 6.92 Å². The van der Waals surface area contributed by atoms with Crippen LogP contribution in [-0.4, -0.2) is 25.0 Å². The van der Waals surface area contributed by atoms with Crippen molar-refractivity contribution in [2.45, 2.75) is 26.4 Å². The molecule has 1 N–H and O–H groups in total. The predicted molar refractivity (Wildman–Crippen MR) is 124 cm³/mol. The molecular formula is C26H26N2O4. The van der Waals surface area contributed by atoms with Gasteiger partial charge in [0.05, 0.1) is 17.9 Å². The van der Waals surface area contributed by atoms with Gasteiger partial charge in [-0.1, -0.05) is 48.5 Å². The molecule has 2 amide bonds. The molecule has 1 aliphatic heterocycles. The number of aryl methyl sites for hydroxylation is 1. The Morgan fingerprint density at radius 1 is 1.00 bits per heavy atom. The van der Waals surface area contributed by atoms with Gasteiger partial charge in [-0.3, -0.25) is 9.59 Å². The first-order valence-electron chi connectivity index (χ1n) is 10.7. The predicted octanol–water partition coefficient (Wildman–Crippen LogP) is 4.72. The fourth-order valence-electron chi connectivity index (χ4n) is 3.58. The lowest BCUT2D eigenvalue weighted by Gasteiger charge is -2.29. The highest BCUT2D eigenvalue weighted by Crippen LogP contribution is 2.31. The minimum atomic E-state index is -0.228. The van der Waals surface area contributed by atoms with E-state index in [1.54, 1.807) is 4.90 Å². The lowest BCUT2D eigenvalue weighted by molar-refractivity contribution is -0.122. The number of ether oxygens (including phenoxy) is 2. The third-order valence-electron chi connectivity index (χ3n) is 5.24. The van der Waals surface area contributed by atoms with E-state index in [9.17, 15) is 9.59 Å². The monoisotopic (exact) mass is 430 g/mol. The van der Waals surface area contributed by atoms with Crippen LogP contribution in [0.4, 0.5) is 11.4 Å². The standard InChI is InChI=1S/C26H26N2O4/c1-19-11-12-21(24(17-19)32-18-20-7-3-2-4-8-20)27-25(29)13-14-26(30)28-15-16-31-23-10-6-5-9-22(23)28/h2-12,17H,13-16,18H2,1H3,(H,27,29). The molecule has 32 heavy (non-hydrogen) atoms. The lowest BCUT2D eigenvalue weighted by atomic mass is 10.1. The van der Waals surface area contributed by atoms with Gasteiger partial charge in [-0.15, -0.1) is 0 Å². The number of nitrogens with zero attached hydrogens (tertiary/aromatic N) is 1. The highest BCUT2D eigenvalue weighted by molar-refractivity contribution is 5.99. The molecular weight excluding hydrogens is 404 g/mol. The van der Waals surface area contributed by atoms with Crippen LogP contribution in [0.1, 0.15) is 24.0 Å². The van der Waals surface area contributed by atoms with Crippen molar-refractivity contribution in [3.63, 3.8) is 0 Å². The number of carbonyl (C=O) groups excluding carboxylic acids is 2. The zero-order valence-corrected chi connectivity index (χ0v) is 18.0. The molecule has 3 aromatic carbocycles. The van der Waals surface area contributed by atoms with E-state index in [2.05, 4.69) is 5.32 Å². The average Bonchev–Trinajstić information content (AvgIpc) is 2.83. The first kappa shape index (κ1) is 21.4. The van der Waals surface area contributed by atoms with Crippen molar-refractivity contribution >= 4 is 23.2 Å². The summed E-state index contributed by atoms with van der Waals surface area (Å²) in [6, 6.07) is 22.9. The van der Waals surface area contributed by atoms with E-state index < -0.39 is 0 Å². The van der Waals surface area contributed by atoms with Crippen molar-refractivity contribution in [1.82, 2.24) is 0 Å². The second-order valence-corrected chi connectivity index (χ2v) is 7.68. The number of fused-ring (bicyclic) bond motifs is 1. The summed E-state index contributed by atoms with van der Waals surface area (Å²) in [6.45, 7) is 3.30. The molecule has 0 radical (unpaired) electrons. The largest absolute Gasteiger partial charge is 0.490 e. The third-order valence-corrected chi connectivity index (χ3v) is 5.24. The molecule has 0 aliphatic carbocycles. The molecule has 1 aliphatic rings. The first-order valence-corrected chi connectivity index (χ1v) is 10.7. The zero-order chi connectivity index (χ0) is 22.3. The molecule has 0 fully saturated rings. The van der Waals surface area contributed by atoms with Gasteiger partial charge in [0.2, 0.25) is 11.8 Å². The topological polar surface area (TPSA) is 67.9 Å². The Labute approximate surface area is 187 Å². The maximum Gasteiger partial charge on any atom is 0.227 e. The fraction of sp³-hybridized carbons (Fsp3) is 0.231. The Bertz CT molecular complexity index is 1100. The molecule has 1 heterocycles. The number of amides is 2. The van der Waals surface area contributed by atoms with E-state index in [1.165, 1.54) is 0 Å². The Balaban J connectivity index is 1.36. The number of carbonyl (C=O) groups is 2. The van der Waals surface area contributed by atoms with Gasteiger partial charge < -0.3 is 19.7 Å². The highest BCUT2D eigenvalue weighted by Gasteiger charge is 2.23. The molecule has 3 aromatic rings. The average molecular weight is 431 g/mol. The number of para-hydroxylation sites is 2. The summed E-state index contributed by atoms with van der Waals surface area (Å²) in [5.41, 5.74) is 3.43. The molecule has 164 valence electrons. The lowest BCUT2D eigenvalue weighted by Crippen LogP contribution is -2.38. The zero-order valence-electron chi connectivity index (χ0n) is 18.0. The quantitative estimate of drug-likeness (QED) is 0.589. The van der Waals surface area contributed by atoms with Gasteiger partial charge in [-0.25, -0.2) is 0 Å². The summed E-state index contributed by atoms with van der Waals surface area (Å²) < 4.78 is 11.6. The van der Waals surface area contributed by atoms with Crippen LogP contribution < -0.4 is 19.7 Å². The molecule has 4 rings (SSSR count). The molecule has 0 unspecified atom stereocenters. The van der Waals surface area contributed by atoms with E-state index in [4.69, 9.17) is 9.47 Å². The summed E-state index contributed by atoms with van der Waals surface area (Å²) in [5, 5.41) is 2.89. The summed E-state index contributed by atoms with van der Waals surface area (Å²) in [4.78, 5) is 27.0. The Hall–Kier alpha value is -3.80. The maximum atomic E-state index is 12.8. The number of hydrogen-bond donors (Lipinski definition) is 1. The third kappa shape index (κ3) is 5.27. The summed E-state index contributed by atoms with van der Waals surface area (Å²) in [5.74, 6) is 0.973. The minimum Gasteiger partial charge on any atom is -0.490 e. The van der Waals surface area contributed by atoms with Gasteiger partial charge >= 0.3 is 0 Å². The molecule has 0 saturated carbocycles. The number of hydrogen-bond acceptors (Lipinski definition) is 4. The van der Waals surface area contributed by atoms with Crippen molar-refractivity contribution in [2.24, 2.45) is 0 Å². The van der Waals surface area contributed by atoms with Crippen LogP contribution in [0.5, 0.6) is 11.5 Å². The summed E-state index contributed by atoms with van der Waals surface area (Å²) in [6.07, 6.45) is 0.205. The van der Waals surface area contributed by atoms with E-state index >= 15 is 0 Å². The maximum absolute atomic E-state index is 12.8. The van der Waals surface area contributed by atoms with Crippen molar-refractivity contribution in [3.05, 3.63) is 83.9 Å². The fourth-order valence-corrected chi connectivity index (χ4v) is 3.58. The Morgan fingerprint density at radius 2 is 1.78 bits per heavy atom. The molecule has 6 nitrogen and oxygen atoms in total. The molecule has 0 saturated heterocycles. The van der Waals surface area contributed by atoms with E-state index in [0.717, 1.165) is 16.8 Å². The SMILES string of the molecule is Cc1ccc(NC(=O)CCC(=O)N2CCOc3ccccc32)c(OCc2ccccc2)c1. The Kier molecular flexibility index (Phi) is 6.70. The molecule has 0 spiro atoms. The summed E-state index contributed by atoms with van der Waals surface area (Å²) in [7, 11) is 0. The number of nitrogens with one attached hydrogen (secondary N) is 1. The van der Waals surface area contributed by atoms with Crippen LogP contribution in [0.15, 0.2) is 72.8 Å². The van der Waals surface area contributed by atoms with Gasteiger partial charge in [-0.05, 0) is 42.3 Å². The smallest absolute Gasteiger partial charge is 0.227 e. The van der Waals surface area contributed by atoms with Crippen molar-refractivity contribution < 1.29 is 19.1 Å².